The van der Waals surface area contributed by atoms with E-state index in [1.54, 1.807) is 7.11 Å². The van der Waals surface area contributed by atoms with Gasteiger partial charge in [-0.2, -0.15) is 0 Å². The van der Waals surface area contributed by atoms with Gasteiger partial charge in [0.15, 0.2) is 0 Å². The summed E-state index contributed by atoms with van der Waals surface area (Å²) in [5.41, 5.74) is 0. The van der Waals surface area contributed by atoms with E-state index in [1.165, 1.54) is 12.8 Å². The lowest BCUT2D eigenvalue weighted by Gasteiger charge is -2.21. The summed E-state index contributed by atoms with van der Waals surface area (Å²) >= 11 is 0. The number of rotatable bonds is 8. The molecule has 102 valence electrons. The Bertz CT molecular complexity index is 178. The van der Waals surface area contributed by atoms with Crippen molar-refractivity contribution in [2.45, 2.75) is 50.7 Å². The topological polar surface area (TPSA) is 50.7 Å². The molecule has 1 fully saturated rings. The fourth-order valence-corrected chi connectivity index (χ4v) is 2.25. The Balaban J connectivity index is 1.97. The number of aliphatic hydroxyl groups excluding tert-OH is 1. The normalized spacial score (nSPS) is 25.8. The van der Waals surface area contributed by atoms with Crippen LogP contribution in [0.1, 0.15) is 38.5 Å². The van der Waals surface area contributed by atoms with Gasteiger partial charge < -0.3 is 19.9 Å². The minimum atomic E-state index is -0.175. The molecule has 2 unspecified atom stereocenters. The molecule has 2 atom stereocenters. The van der Waals surface area contributed by atoms with Crippen LogP contribution in [0.4, 0.5) is 0 Å². The molecular formula is C13H27NO3. The van der Waals surface area contributed by atoms with Crippen molar-refractivity contribution in [2.24, 2.45) is 0 Å². The van der Waals surface area contributed by atoms with Crippen molar-refractivity contribution in [1.82, 2.24) is 5.32 Å². The first-order valence-electron chi connectivity index (χ1n) is 6.82. The van der Waals surface area contributed by atoms with Crippen molar-refractivity contribution >= 4 is 0 Å². The summed E-state index contributed by atoms with van der Waals surface area (Å²) in [6, 6.07) is 0.264. The molecule has 4 nitrogen and oxygen atoms in total. The molecule has 0 aromatic carbocycles. The first kappa shape index (κ1) is 14.9. The Morgan fingerprint density at radius 2 is 1.94 bits per heavy atom. The Kier molecular flexibility index (Phi) is 8.61. The van der Waals surface area contributed by atoms with E-state index in [1.807, 2.05) is 0 Å². The number of methoxy groups -OCH3 is 1. The maximum atomic E-state index is 9.90. The van der Waals surface area contributed by atoms with Crippen LogP contribution in [0.3, 0.4) is 0 Å². The van der Waals surface area contributed by atoms with Gasteiger partial charge in [-0.1, -0.05) is 19.3 Å². The summed E-state index contributed by atoms with van der Waals surface area (Å²) in [4.78, 5) is 0. The number of nitrogens with one attached hydrogen (secondary N) is 1. The molecule has 0 aromatic rings. The fraction of sp³-hybridized carbons (Fsp3) is 1.00. The van der Waals surface area contributed by atoms with Gasteiger partial charge in [0.2, 0.25) is 0 Å². The lowest BCUT2D eigenvalue weighted by Crippen LogP contribution is -2.40. The van der Waals surface area contributed by atoms with Crippen LogP contribution in [-0.2, 0) is 9.47 Å². The summed E-state index contributed by atoms with van der Waals surface area (Å²) < 4.78 is 10.4. The first-order valence-corrected chi connectivity index (χ1v) is 6.82. The minimum Gasteiger partial charge on any atom is -0.392 e. The average molecular weight is 245 g/mol. The largest absolute Gasteiger partial charge is 0.392 e. The Labute approximate surface area is 105 Å². The maximum absolute atomic E-state index is 9.90. The third-order valence-corrected chi connectivity index (χ3v) is 3.27. The summed E-state index contributed by atoms with van der Waals surface area (Å²) in [6.07, 6.45) is 6.43. The van der Waals surface area contributed by atoms with Crippen molar-refractivity contribution in [1.29, 1.82) is 0 Å². The Morgan fingerprint density at radius 1 is 1.12 bits per heavy atom. The zero-order valence-corrected chi connectivity index (χ0v) is 11.0. The van der Waals surface area contributed by atoms with Crippen molar-refractivity contribution in [3.63, 3.8) is 0 Å². The van der Waals surface area contributed by atoms with Crippen molar-refractivity contribution in [2.75, 3.05) is 33.5 Å². The molecule has 0 spiro atoms. The van der Waals surface area contributed by atoms with E-state index >= 15 is 0 Å². The molecule has 2 N–H and O–H groups in total. The molecule has 1 aliphatic carbocycles. The predicted octanol–water partition coefficient (Wildman–Crippen LogP) is 1.32. The second kappa shape index (κ2) is 9.83. The van der Waals surface area contributed by atoms with E-state index in [0.717, 1.165) is 45.4 Å². The van der Waals surface area contributed by atoms with Crippen LogP contribution in [0.25, 0.3) is 0 Å². The van der Waals surface area contributed by atoms with E-state index < -0.39 is 0 Å². The predicted molar refractivity (Wildman–Crippen MR) is 68.2 cm³/mol. The quantitative estimate of drug-likeness (QED) is 0.500. The van der Waals surface area contributed by atoms with Crippen LogP contribution in [0.2, 0.25) is 0 Å². The SMILES string of the molecule is COCCCOCCNC1CCCCCC1O. The Hall–Kier alpha value is -0.160. The lowest BCUT2D eigenvalue weighted by molar-refractivity contribution is 0.0895. The number of hydrogen-bond acceptors (Lipinski definition) is 4. The Morgan fingerprint density at radius 3 is 2.76 bits per heavy atom. The number of ether oxygens (including phenoxy) is 2. The van der Waals surface area contributed by atoms with Crippen molar-refractivity contribution in [3.05, 3.63) is 0 Å². The average Bonchev–Trinajstić information content (AvgIpc) is 2.53. The molecule has 4 heteroatoms. The third kappa shape index (κ3) is 6.99. The highest BCUT2D eigenvalue weighted by Gasteiger charge is 2.20. The van der Waals surface area contributed by atoms with Gasteiger partial charge in [-0.05, 0) is 19.3 Å². The number of hydrogen-bond donors (Lipinski definition) is 2. The maximum Gasteiger partial charge on any atom is 0.0693 e. The zero-order chi connectivity index (χ0) is 12.3. The van der Waals surface area contributed by atoms with Gasteiger partial charge in [-0.25, -0.2) is 0 Å². The van der Waals surface area contributed by atoms with Crippen LogP contribution < -0.4 is 5.32 Å². The molecule has 1 saturated carbocycles. The molecule has 17 heavy (non-hydrogen) atoms. The highest BCUT2D eigenvalue weighted by atomic mass is 16.5. The standard InChI is InChI=1S/C13H27NO3/c1-16-9-5-10-17-11-8-14-12-6-3-2-4-7-13(12)15/h12-15H,2-11H2,1H3. The van der Waals surface area contributed by atoms with E-state index in [9.17, 15) is 5.11 Å². The lowest BCUT2D eigenvalue weighted by atomic mass is 10.1. The molecule has 0 bridgehead atoms. The van der Waals surface area contributed by atoms with E-state index in [-0.39, 0.29) is 12.1 Å². The van der Waals surface area contributed by atoms with Crippen LogP contribution >= 0.6 is 0 Å². The smallest absolute Gasteiger partial charge is 0.0693 e. The highest BCUT2D eigenvalue weighted by molar-refractivity contribution is 4.78. The molecule has 0 aromatic heterocycles. The van der Waals surface area contributed by atoms with Gasteiger partial charge in [-0.15, -0.1) is 0 Å². The van der Waals surface area contributed by atoms with Crippen LogP contribution in [0, 0.1) is 0 Å². The molecule has 1 aliphatic rings. The fourth-order valence-electron chi connectivity index (χ4n) is 2.25. The summed E-state index contributed by atoms with van der Waals surface area (Å²) in [5, 5.41) is 13.3. The van der Waals surface area contributed by atoms with Crippen molar-refractivity contribution < 1.29 is 14.6 Å². The van der Waals surface area contributed by atoms with Gasteiger partial charge in [-0.3, -0.25) is 0 Å². The van der Waals surface area contributed by atoms with E-state index in [4.69, 9.17) is 9.47 Å². The van der Waals surface area contributed by atoms with Crippen LogP contribution in [-0.4, -0.2) is 50.7 Å². The van der Waals surface area contributed by atoms with Crippen molar-refractivity contribution in [3.8, 4) is 0 Å². The van der Waals surface area contributed by atoms with Gasteiger partial charge in [0.1, 0.15) is 0 Å². The highest BCUT2D eigenvalue weighted by Crippen LogP contribution is 2.17. The zero-order valence-electron chi connectivity index (χ0n) is 11.0. The van der Waals surface area contributed by atoms with Gasteiger partial charge in [0.25, 0.3) is 0 Å². The van der Waals surface area contributed by atoms with E-state index in [2.05, 4.69) is 5.32 Å². The monoisotopic (exact) mass is 245 g/mol. The van der Waals surface area contributed by atoms with Crippen LogP contribution in [0.15, 0.2) is 0 Å². The molecule has 1 rings (SSSR count). The van der Waals surface area contributed by atoms with Crippen LogP contribution in [0.5, 0.6) is 0 Å². The first-order chi connectivity index (χ1) is 8.34. The summed E-state index contributed by atoms with van der Waals surface area (Å²) in [7, 11) is 1.70. The minimum absolute atomic E-state index is 0.175. The van der Waals surface area contributed by atoms with Gasteiger partial charge in [0.05, 0.1) is 12.7 Å². The molecule has 0 saturated heterocycles. The molecule has 0 aliphatic heterocycles. The van der Waals surface area contributed by atoms with Gasteiger partial charge >= 0.3 is 0 Å². The summed E-state index contributed by atoms with van der Waals surface area (Å²) in [6.45, 7) is 3.05. The van der Waals surface area contributed by atoms with Gasteiger partial charge in [0, 0.05) is 32.9 Å². The molecule has 0 amide bonds. The van der Waals surface area contributed by atoms with E-state index in [0.29, 0.717) is 6.61 Å². The third-order valence-electron chi connectivity index (χ3n) is 3.27. The summed E-state index contributed by atoms with van der Waals surface area (Å²) in [5.74, 6) is 0. The molecule has 0 radical (unpaired) electrons. The molecule has 0 heterocycles. The second-order valence-corrected chi connectivity index (χ2v) is 4.72. The molecular weight excluding hydrogens is 218 g/mol. The number of aliphatic hydroxyl groups is 1. The second-order valence-electron chi connectivity index (χ2n) is 4.72.